The molecule has 0 amide bonds. The molecule has 0 aliphatic carbocycles. The minimum absolute atomic E-state index is 0.286. The first-order chi connectivity index (χ1) is 8.63. The number of carbonyl (C=O) groups excluding carboxylic acids is 1. The lowest BCUT2D eigenvalue weighted by Gasteiger charge is -2.21. The molecule has 0 atom stereocenters. The highest BCUT2D eigenvalue weighted by atomic mass is 79.9. The van der Waals surface area contributed by atoms with Gasteiger partial charge in [-0.1, -0.05) is 12.1 Å². The second kappa shape index (κ2) is 5.31. The highest BCUT2D eigenvalue weighted by Gasteiger charge is 2.11. The summed E-state index contributed by atoms with van der Waals surface area (Å²) in [4.78, 5) is 12.4. The molecule has 0 aliphatic heterocycles. The number of aldehydes is 1. The number of anilines is 2. The average molecular weight is 308 g/mol. The van der Waals surface area contributed by atoms with Crippen LogP contribution in [0.2, 0.25) is 0 Å². The predicted molar refractivity (Wildman–Crippen MR) is 74.0 cm³/mol. The van der Waals surface area contributed by atoms with Crippen molar-refractivity contribution in [1.29, 1.82) is 0 Å². The Balaban J connectivity index is 2.43. The van der Waals surface area contributed by atoms with Crippen LogP contribution in [-0.4, -0.2) is 13.3 Å². The Morgan fingerprint density at radius 1 is 1.17 bits per heavy atom. The van der Waals surface area contributed by atoms with Crippen LogP contribution < -0.4 is 4.90 Å². The van der Waals surface area contributed by atoms with Crippen LogP contribution in [0.4, 0.5) is 15.8 Å². The third-order valence-electron chi connectivity index (χ3n) is 2.68. The number of nitrogens with zero attached hydrogens (tertiary/aromatic N) is 1. The van der Waals surface area contributed by atoms with Gasteiger partial charge in [-0.3, -0.25) is 4.79 Å². The monoisotopic (exact) mass is 307 g/mol. The normalized spacial score (nSPS) is 10.2. The minimum Gasteiger partial charge on any atom is -0.341 e. The first kappa shape index (κ1) is 12.8. The predicted octanol–water partition coefficient (Wildman–Crippen LogP) is 4.17. The second-order valence-corrected chi connectivity index (χ2v) is 4.69. The fourth-order valence-electron chi connectivity index (χ4n) is 1.72. The van der Waals surface area contributed by atoms with E-state index in [4.69, 9.17) is 0 Å². The molecule has 92 valence electrons. The highest BCUT2D eigenvalue weighted by molar-refractivity contribution is 9.10. The molecule has 0 saturated heterocycles. The quantitative estimate of drug-likeness (QED) is 0.793. The van der Waals surface area contributed by atoms with Crippen LogP contribution >= 0.6 is 15.9 Å². The Hall–Kier alpha value is -1.68. The summed E-state index contributed by atoms with van der Waals surface area (Å²) in [6.45, 7) is 0. The van der Waals surface area contributed by atoms with Crippen LogP contribution in [0.1, 0.15) is 10.4 Å². The van der Waals surface area contributed by atoms with Gasteiger partial charge in [0.05, 0.1) is 11.4 Å². The van der Waals surface area contributed by atoms with Gasteiger partial charge in [0, 0.05) is 17.1 Å². The first-order valence-corrected chi connectivity index (χ1v) is 6.16. The number of hydrogen-bond acceptors (Lipinski definition) is 2. The van der Waals surface area contributed by atoms with E-state index in [1.165, 1.54) is 6.07 Å². The maximum absolute atomic E-state index is 13.7. The molecule has 0 bridgehead atoms. The average Bonchev–Trinajstić information content (AvgIpc) is 2.38. The zero-order chi connectivity index (χ0) is 13.1. The molecule has 0 radical (unpaired) electrons. The maximum atomic E-state index is 13.7. The van der Waals surface area contributed by atoms with E-state index in [1.54, 1.807) is 48.3 Å². The van der Waals surface area contributed by atoms with Gasteiger partial charge in [-0.25, -0.2) is 4.39 Å². The zero-order valence-electron chi connectivity index (χ0n) is 9.73. The number of carbonyl (C=O) groups is 1. The minimum atomic E-state index is -0.286. The molecule has 2 aromatic rings. The Bertz CT molecular complexity index is 586. The van der Waals surface area contributed by atoms with Crippen LogP contribution in [0.15, 0.2) is 46.9 Å². The summed E-state index contributed by atoms with van der Waals surface area (Å²) in [5.74, 6) is -0.286. The Morgan fingerprint density at radius 2 is 1.89 bits per heavy atom. The molecule has 2 rings (SSSR count). The molecule has 2 aromatic carbocycles. The maximum Gasteiger partial charge on any atom is 0.150 e. The standard InChI is InChI=1S/C14H11BrFNO/c1-17(14-5-3-2-4-12(14)16)13-7-6-10(9-18)8-11(13)15/h2-9H,1H3. The van der Waals surface area contributed by atoms with Gasteiger partial charge < -0.3 is 4.90 Å². The molecule has 0 unspecified atom stereocenters. The Labute approximate surface area is 113 Å². The van der Waals surface area contributed by atoms with Gasteiger partial charge in [0.1, 0.15) is 12.1 Å². The fraction of sp³-hybridized carbons (Fsp3) is 0.0714. The van der Waals surface area contributed by atoms with Crippen molar-refractivity contribution in [3.8, 4) is 0 Å². The SMILES string of the molecule is CN(c1ccccc1F)c1ccc(C=O)cc1Br. The molecular formula is C14H11BrFNO. The lowest BCUT2D eigenvalue weighted by molar-refractivity contribution is 0.112. The van der Waals surface area contributed by atoms with Crippen molar-refractivity contribution in [1.82, 2.24) is 0 Å². The van der Waals surface area contributed by atoms with Gasteiger partial charge in [-0.2, -0.15) is 0 Å². The van der Waals surface area contributed by atoms with Crippen molar-refractivity contribution in [2.24, 2.45) is 0 Å². The van der Waals surface area contributed by atoms with Crippen molar-refractivity contribution < 1.29 is 9.18 Å². The van der Waals surface area contributed by atoms with Crippen molar-refractivity contribution in [3.63, 3.8) is 0 Å². The van der Waals surface area contributed by atoms with E-state index in [-0.39, 0.29) is 5.82 Å². The van der Waals surface area contributed by atoms with E-state index in [2.05, 4.69) is 15.9 Å². The van der Waals surface area contributed by atoms with Crippen LogP contribution in [0.3, 0.4) is 0 Å². The Kier molecular flexibility index (Phi) is 3.77. The van der Waals surface area contributed by atoms with Crippen molar-refractivity contribution >= 4 is 33.6 Å². The van der Waals surface area contributed by atoms with Gasteiger partial charge in [0.15, 0.2) is 0 Å². The van der Waals surface area contributed by atoms with E-state index >= 15 is 0 Å². The summed E-state index contributed by atoms with van der Waals surface area (Å²) in [7, 11) is 1.78. The van der Waals surface area contributed by atoms with Gasteiger partial charge in [0.2, 0.25) is 0 Å². The molecular weight excluding hydrogens is 297 g/mol. The molecule has 0 spiro atoms. The van der Waals surface area contributed by atoms with Crippen LogP contribution in [0.5, 0.6) is 0 Å². The van der Waals surface area contributed by atoms with Gasteiger partial charge in [-0.15, -0.1) is 0 Å². The molecule has 0 aromatic heterocycles. The van der Waals surface area contributed by atoms with E-state index in [0.717, 1.165) is 16.4 Å². The lowest BCUT2D eigenvalue weighted by atomic mass is 10.2. The smallest absolute Gasteiger partial charge is 0.150 e. The molecule has 4 heteroatoms. The third-order valence-corrected chi connectivity index (χ3v) is 3.32. The summed E-state index contributed by atoms with van der Waals surface area (Å²) >= 11 is 3.39. The molecule has 0 saturated carbocycles. The zero-order valence-corrected chi connectivity index (χ0v) is 11.3. The summed E-state index contributed by atoms with van der Waals surface area (Å²) in [5, 5.41) is 0. The molecule has 0 N–H and O–H groups in total. The summed E-state index contributed by atoms with van der Waals surface area (Å²) in [6.07, 6.45) is 0.775. The van der Waals surface area contributed by atoms with Crippen molar-refractivity contribution in [2.75, 3.05) is 11.9 Å². The van der Waals surface area contributed by atoms with Gasteiger partial charge in [0.25, 0.3) is 0 Å². The number of para-hydroxylation sites is 1. The summed E-state index contributed by atoms with van der Waals surface area (Å²) < 4.78 is 14.4. The number of hydrogen-bond donors (Lipinski definition) is 0. The number of rotatable bonds is 3. The largest absolute Gasteiger partial charge is 0.341 e. The van der Waals surface area contributed by atoms with Crippen molar-refractivity contribution in [2.45, 2.75) is 0 Å². The van der Waals surface area contributed by atoms with Gasteiger partial charge in [-0.05, 0) is 46.3 Å². The first-order valence-electron chi connectivity index (χ1n) is 5.36. The molecule has 0 fully saturated rings. The topological polar surface area (TPSA) is 20.3 Å². The lowest BCUT2D eigenvalue weighted by Crippen LogP contribution is -2.11. The van der Waals surface area contributed by atoms with E-state index in [9.17, 15) is 9.18 Å². The second-order valence-electron chi connectivity index (χ2n) is 3.84. The van der Waals surface area contributed by atoms with E-state index in [1.807, 2.05) is 0 Å². The van der Waals surface area contributed by atoms with Crippen LogP contribution in [-0.2, 0) is 0 Å². The van der Waals surface area contributed by atoms with Gasteiger partial charge >= 0.3 is 0 Å². The summed E-state index contributed by atoms with van der Waals surface area (Å²) in [6, 6.07) is 11.7. The third kappa shape index (κ3) is 2.43. The van der Waals surface area contributed by atoms with Crippen LogP contribution in [0.25, 0.3) is 0 Å². The van der Waals surface area contributed by atoms with Crippen LogP contribution in [0, 0.1) is 5.82 Å². The summed E-state index contributed by atoms with van der Waals surface area (Å²) in [5.41, 5.74) is 1.86. The molecule has 0 aliphatic rings. The molecule has 2 nitrogen and oxygen atoms in total. The number of halogens is 2. The highest BCUT2D eigenvalue weighted by Crippen LogP contribution is 2.32. The molecule has 0 heterocycles. The van der Waals surface area contributed by atoms with E-state index in [0.29, 0.717) is 11.3 Å². The van der Waals surface area contributed by atoms with E-state index < -0.39 is 0 Å². The number of benzene rings is 2. The fourth-order valence-corrected chi connectivity index (χ4v) is 2.38. The molecule has 18 heavy (non-hydrogen) atoms. The van der Waals surface area contributed by atoms with Crippen molar-refractivity contribution in [3.05, 3.63) is 58.3 Å². The Morgan fingerprint density at radius 3 is 2.50 bits per heavy atom.